The van der Waals surface area contributed by atoms with E-state index in [1.54, 1.807) is 17.0 Å². The third-order valence-electron chi connectivity index (χ3n) is 3.03. The summed E-state index contributed by atoms with van der Waals surface area (Å²) in [6.07, 6.45) is 2.71. The second kappa shape index (κ2) is 4.01. The first-order valence-corrected chi connectivity index (χ1v) is 5.78. The van der Waals surface area contributed by atoms with Crippen LogP contribution in [0.25, 0.3) is 0 Å². The zero-order chi connectivity index (χ0) is 11.8. The Kier molecular flexibility index (Phi) is 2.84. The van der Waals surface area contributed by atoms with Crippen LogP contribution < -0.4 is 10.9 Å². The molecular weight excluding hydrogens is 202 g/mol. The van der Waals surface area contributed by atoms with E-state index in [1.165, 1.54) is 0 Å². The highest BCUT2D eigenvalue weighted by Gasteiger charge is 2.20. The molecule has 0 saturated carbocycles. The van der Waals surface area contributed by atoms with Gasteiger partial charge >= 0.3 is 0 Å². The predicted molar refractivity (Wildman–Crippen MR) is 63.7 cm³/mol. The molecule has 16 heavy (non-hydrogen) atoms. The molecule has 1 saturated heterocycles. The van der Waals surface area contributed by atoms with Crippen LogP contribution in [0.1, 0.15) is 38.9 Å². The molecule has 1 aliphatic rings. The smallest absolute Gasteiger partial charge is 0.253 e. The maximum absolute atomic E-state index is 12.0. The van der Waals surface area contributed by atoms with E-state index in [-0.39, 0.29) is 17.0 Å². The minimum atomic E-state index is -0.0633. The lowest BCUT2D eigenvalue weighted by molar-refractivity contribution is 0.502. The summed E-state index contributed by atoms with van der Waals surface area (Å²) < 4.78 is 1.75. The lowest BCUT2D eigenvalue weighted by atomic mass is 9.92. The molecule has 1 fully saturated rings. The molecule has 1 unspecified atom stereocenters. The molecule has 0 spiro atoms. The quantitative estimate of drug-likeness (QED) is 0.771. The van der Waals surface area contributed by atoms with Gasteiger partial charge in [-0.25, -0.2) is 4.98 Å². The monoisotopic (exact) mass is 221 g/mol. The molecule has 2 rings (SSSR count). The average molecular weight is 221 g/mol. The van der Waals surface area contributed by atoms with Crippen molar-refractivity contribution in [3.63, 3.8) is 0 Å². The van der Waals surface area contributed by atoms with Crippen molar-refractivity contribution in [2.75, 3.05) is 13.1 Å². The van der Waals surface area contributed by atoms with Crippen molar-refractivity contribution in [2.45, 2.75) is 38.6 Å². The molecule has 2 heterocycles. The molecule has 1 aromatic rings. The normalized spacial score (nSPS) is 21.3. The summed E-state index contributed by atoms with van der Waals surface area (Å²) in [6, 6.07) is 1.94. The second-order valence-corrected chi connectivity index (χ2v) is 5.42. The molecule has 1 atom stereocenters. The van der Waals surface area contributed by atoms with E-state index in [2.05, 4.69) is 31.1 Å². The van der Waals surface area contributed by atoms with Gasteiger partial charge < -0.3 is 5.32 Å². The Bertz CT molecular complexity index is 425. The van der Waals surface area contributed by atoms with Gasteiger partial charge in [0.05, 0.1) is 18.1 Å². The Hall–Kier alpha value is -1.16. The van der Waals surface area contributed by atoms with Crippen LogP contribution in [0.2, 0.25) is 0 Å². The predicted octanol–water partition coefficient (Wildman–Crippen LogP) is 1.08. The van der Waals surface area contributed by atoms with E-state index in [4.69, 9.17) is 0 Å². The van der Waals surface area contributed by atoms with Gasteiger partial charge in [-0.15, -0.1) is 0 Å². The zero-order valence-electron chi connectivity index (χ0n) is 10.2. The first kappa shape index (κ1) is 11.3. The Morgan fingerprint density at radius 3 is 2.75 bits per heavy atom. The van der Waals surface area contributed by atoms with Crippen LogP contribution in [0.3, 0.4) is 0 Å². The molecule has 88 valence electrons. The Morgan fingerprint density at radius 1 is 1.50 bits per heavy atom. The van der Waals surface area contributed by atoms with Crippen molar-refractivity contribution >= 4 is 0 Å². The van der Waals surface area contributed by atoms with Crippen molar-refractivity contribution in [3.05, 3.63) is 28.4 Å². The van der Waals surface area contributed by atoms with Crippen LogP contribution in [-0.2, 0) is 5.41 Å². The van der Waals surface area contributed by atoms with Gasteiger partial charge in [-0.2, -0.15) is 0 Å². The number of hydrogen-bond acceptors (Lipinski definition) is 3. The van der Waals surface area contributed by atoms with Crippen molar-refractivity contribution in [2.24, 2.45) is 0 Å². The first-order valence-electron chi connectivity index (χ1n) is 5.78. The minimum absolute atomic E-state index is 0.0633. The zero-order valence-corrected chi connectivity index (χ0v) is 10.2. The van der Waals surface area contributed by atoms with Crippen molar-refractivity contribution in [1.82, 2.24) is 14.9 Å². The van der Waals surface area contributed by atoms with Gasteiger partial charge in [0, 0.05) is 18.0 Å². The molecule has 4 nitrogen and oxygen atoms in total. The second-order valence-electron chi connectivity index (χ2n) is 5.42. The fourth-order valence-corrected chi connectivity index (χ4v) is 1.97. The molecule has 1 aromatic heterocycles. The van der Waals surface area contributed by atoms with Crippen molar-refractivity contribution in [1.29, 1.82) is 0 Å². The highest BCUT2D eigenvalue weighted by Crippen LogP contribution is 2.18. The fourth-order valence-electron chi connectivity index (χ4n) is 1.97. The van der Waals surface area contributed by atoms with E-state index in [9.17, 15) is 4.79 Å². The molecule has 0 bridgehead atoms. The van der Waals surface area contributed by atoms with Gasteiger partial charge in [0.2, 0.25) is 0 Å². The highest BCUT2D eigenvalue weighted by atomic mass is 16.1. The van der Waals surface area contributed by atoms with Crippen molar-refractivity contribution < 1.29 is 0 Å². The number of nitrogens with one attached hydrogen (secondary N) is 1. The number of nitrogens with zero attached hydrogens (tertiary/aromatic N) is 2. The molecule has 0 amide bonds. The van der Waals surface area contributed by atoms with E-state index >= 15 is 0 Å². The van der Waals surface area contributed by atoms with Gasteiger partial charge in [-0.05, 0) is 13.0 Å². The SMILES string of the molecule is CC(C)(C)c1cc(=O)n(C2CCNC2)cn1. The molecule has 4 heteroatoms. The van der Waals surface area contributed by atoms with Crippen LogP contribution in [-0.4, -0.2) is 22.6 Å². The molecule has 0 radical (unpaired) electrons. The van der Waals surface area contributed by atoms with E-state index < -0.39 is 0 Å². The van der Waals surface area contributed by atoms with E-state index in [1.807, 2.05) is 0 Å². The summed E-state index contributed by atoms with van der Waals surface area (Å²) >= 11 is 0. The van der Waals surface area contributed by atoms with Gasteiger partial charge in [-0.1, -0.05) is 20.8 Å². The lowest BCUT2D eigenvalue weighted by Crippen LogP contribution is -2.28. The maximum Gasteiger partial charge on any atom is 0.253 e. The molecule has 1 aliphatic heterocycles. The summed E-state index contributed by atoms with van der Waals surface area (Å²) in [5.41, 5.74) is 0.861. The maximum atomic E-state index is 12.0. The third-order valence-corrected chi connectivity index (χ3v) is 3.03. The number of hydrogen-bond donors (Lipinski definition) is 1. The van der Waals surface area contributed by atoms with E-state index in [0.29, 0.717) is 0 Å². The highest BCUT2D eigenvalue weighted by molar-refractivity contribution is 5.11. The summed E-state index contributed by atoms with van der Waals surface area (Å²) in [4.78, 5) is 16.4. The van der Waals surface area contributed by atoms with Gasteiger partial charge in [0.25, 0.3) is 5.56 Å². The van der Waals surface area contributed by atoms with Gasteiger partial charge in [0.1, 0.15) is 0 Å². The largest absolute Gasteiger partial charge is 0.315 e. The fraction of sp³-hybridized carbons (Fsp3) is 0.667. The molecule has 1 N–H and O–H groups in total. The van der Waals surface area contributed by atoms with Crippen LogP contribution in [0.5, 0.6) is 0 Å². The van der Waals surface area contributed by atoms with Crippen LogP contribution in [0.15, 0.2) is 17.2 Å². The van der Waals surface area contributed by atoms with Crippen molar-refractivity contribution in [3.8, 4) is 0 Å². The van der Waals surface area contributed by atoms with Gasteiger partial charge in [-0.3, -0.25) is 9.36 Å². The standard InChI is InChI=1S/C12H19N3O/c1-12(2,3)10-6-11(16)15(8-14-10)9-4-5-13-7-9/h6,8-9,13H,4-5,7H2,1-3H3. The summed E-state index contributed by atoms with van der Waals surface area (Å²) in [6.45, 7) is 8.05. The Morgan fingerprint density at radius 2 is 2.25 bits per heavy atom. The number of rotatable bonds is 1. The minimum Gasteiger partial charge on any atom is -0.315 e. The molecular formula is C12H19N3O. The lowest BCUT2D eigenvalue weighted by Gasteiger charge is -2.19. The van der Waals surface area contributed by atoms with Gasteiger partial charge in [0.15, 0.2) is 0 Å². The van der Waals surface area contributed by atoms with E-state index in [0.717, 1.165) is 25.2 Å². The Balaban J connectivity index is 2.33. The van der Waals surface area contributed by atoms with Crippen LogP contribution >= 0.6 is 0 Å². The topological polar surface area (TPSA) is 46.9 Å². The van der Waals surface area contributed by atoms with Crippen LogP contribution in [0.4, 0.5) is 0 Å². The summed E-state index contributed by atoms with van der Waals surface area (Å²) in [5.74, 6) is 0. The Labute approximate surface area is 95.7 Å². The summed E-state index contributed by atoms with van der Waals surface area (Å²) in [7, 11) is 0. The molecule has 0 aliphatic carbocycles. The number of aromatic nitrogens is 2. The van der Waals surface area contributed by atoms with Crippen LogP contribution in [0, 0.1) is 0 Å². The summed E-state index contributed by atoms with van der Waals surface area (Å²) in [5, 5.41) is 3.26. The third kappa shape index (κ3) is 2.16. The average Bonchev–Trinajstić information content (AvgIpc) is 2.69. The molecule has 0 aromatic carbocycles. The first-order chi connectivity index (χ1) is 7.48.